The Hall–Kier alpha value is -2.31. The van der Waals surface area contributed by atoms with E-state index in [0.29, 0.717) is 3.63 Å². The molecule has 0 amide bonds. The monoisotopic (exact) mass is 640 g/mol. The van der Waals surface area contributed by atoms with Crippen LogP contribution in [0.3, 0.4) is 0 Å². The summed E-state index contributed by atoms with van der Waals surface area (Å²) in [4.78, 5) is 0. The number of hydrogen-bond donors (Lipinski definition) is 0. The van der Waals surface area contributed by atoms with Crippen LogP contribution in [-0.2, 0) is 21.3 Å². The van der Waals surface area contributed by atoms with Crippen molar-refractivity contribution in [1.82, 2.24) is 0 Å². The zero-order valence-corrected chi connectivity index (χ0v) is 27.3. The number of rotatable bonds is 8. The molecule has 2 aliphatic rings. The van der Waals surface area contributed by atoms with Gasteiger partial charge in [0.25, 0.3) is 0 Å². The third-order valence-corrected chi connectivity index (χ3v) is 16.6. The van der Waals surface area contributed by atoms with Crippen molar-refractivity contribution >= 4 is 3.21 Å². The van der Waals surface area contributed by atoms with Gasteiger partial charge in [0.15, 0.2) is 0 Å². The molecule has 0 nitrogen and oxygen atoms in total. The van der Waals surface area contributed by atoms with E-state index >= 15 is 0 Å². The topological polar surface area (TPSA) is 0 Å². The zero-order chi connectivity index (χ0) is 25.9. The van der Waals surface area contributed by atoms with Crippen molar-refractivity contribution in [3.05, 3.63) is 152 Å². The Bertz CT molecular complexity index is 1460. The molecule has 4 aromatic rings. The van der Waals surface area contributed by atoms with Gasteiger partial charge in [-0.2, -0.15) is 0 Å². The fourth-order valence-electron chi connectivity index (χ4n) is 6.59. The van der Waals surface area contributed by atoms with E-state index in [4.69, 9.17) is 0 Å². The Kier molecular flexibility index (Phi) is 10.8. The van der Waals surface area contributed by atoms with Crippen LogP contribution < -0.4 is 24.8 Å². The Labute approximate surface area is 260 Å². The second kappa shape index (κ2) is 14.0. The van der Waals surface area contributed by atoms with Crippen molar-refractivity contribution in [2.75, 3.05) is 0 Å². The van der Waals surface area contributed by atoms with Crippen LogP contribution in [0.4, 0.5) is 0 Å². The summed E-state index contributed by atoms with van der Waals surface area (Å²) < 4.78 is 3.97. The van der Waals surface area contributed by atoms with Gasteiger partial charge in [0, 0.05) is 0 Å². The first kappa shape index (κ1) is 30.6. The van der Waals surface area contributed by atoms with Gasteiger partial charge in [0.1, 0.15) is 0 Å². The molecule has 0 heterocycles. The fraction of sp³-hybridized carbons (Fsp3) is 0.216. The first-order valence-corrected chi connectivity index (χ1v) is 18.1. The van der Waals surface area contributed by atoms with Crippen LogP contribution in [0.1, 0.15) is 71.8 Å². The smallest absolute Gasteiger partial charge is 1.00 e. The minimum atomic E-state index is -2.64. The Morgan fingerprint density at radius 3 is 1.60 bits per heavy atom. The van der Waals surface area contributed by atoms with Gasteiger partial charge in [0.05, 0.1) is 0 Å². The molecule has 40 heavy (non-hydrogen) atoms. The van der Waals surface area contributed by atoms with Crippen molar-refractivity contribution in [3.8, 4) is 11.1 Å². The SMILES string of the molecule is CCCC1=CC(CCC)=[C]([Zr+2](=[C](c2ccccc2)c2ccccc2)[CH]2c3ccccc3-c3ccccc32)C1.[Cl-].[Cl-]. The number of benzene rings is 4. The Morgan fingerprint density at radius 2 is 1.10 bits per heavy atom. The van der Waals surface area contributed by atoms with Crippen molar-refractivity contribution in [2.24, 2.45) is 0 Å². The third-order valence-electron chi connectivity index (χ3n) is 8.10. The average molecular weight is 643 g/mol. The zero-order valence-electron chi connectivity index (χ0n) is 23.3. The maximum absolute atomic E-state index is 2.64. The van der Waals surface area contributed by atoms with E-state index in [2.05, 4.69) is 129 Å². The minimum absolute atomic E-state index is 0. The van der Waals surface area contributed by atoms with Crippen LogP contribution in [-0.4, -0.2) is 3.21 Å². The summed E-state index contributed by atoms with van der Waals surface area (Å²) in [6, 6.07) is 41.3. The summed E-state index contributed by atoms with van der Waals surface area (Å²) in [5.41, 5.74) is 12.2. The molecule has 0 atom stereocenters. The molecule has 4 aromatic carbocycles. The van der Waals surface area contributed by atoms with Gasteiger partial charge in [-0.15, -0.1) is 0 Å². The van der Waals surface area contributed by atoms with E-state index in [0.717, 1.165) is 0 Å². The van der Waals surface area contributed by atoms with Crippen LogP contribution in [0.25, 0.3) is 11.1 Å². The molecule has 0 N–H and O–H groups in total. The normalized spacial score (nSPS) is 13.4. The van der Waals surface area contributed by atoms with Gasteiger partial charge in [-0.05, 0) is 0 Å². The van der Waals surface area contributed by atoms with Crippen LogP contribution in [0.2, 0.25) is 0 Å². The van der Waals surface area contributed by atoms with Crippen molar-refractivity contribution in [1.29, 1.82) is 0 Å². The molecule has 0 fully saturated rings. The molecule has 0 bridgehead atoms. The summed E-state index contributed by atoms with van der Waals surface area (Å²) in [6.45, 7) is 4.67. The molecule has 0 saturated carbocycles. The molecule has 0 unspecified atom stereocenters. The van der Waals surface area contributed by atoms with E-state index in [1.807, 2.05) is 3.28 Å². The van der Waals surface area contributed by atoms with Crippen molar-refractivity contribution < 1.29 is 46.1 Å². The van der Waals surface area contributed by atoms with Gasteiger partial charge in [-0.3, -0.25) is 0 Å². The summed E-state index contributed by atoms with van der Waals surface area (Å²) in [5, 5.41) is 0. The van der Waals surface area contributed by atoms with Crippen LogP contribution >= 0.6 is 0 Å². The van der Waals surface area contributed by atoms with Crippen molar-refractivity contribution in [2.45, 2.75) is 49.6 Å². The molecule has 0 spiro atoms. The van der Waals surface area contributed by atoms with E-state index in [1.165, 1.54) is 54.4 Å². The molecular weight excluding hydrogens is 607 g/mol. The maximum Gasteiger partial charge on any atom is -1.00 e. The molecular formula is C37H36Cl2Zr. The van der Waals surface area contributed by atoms with Gasteiger partial charge >= 0.3 is 237 Å². The molecule has 6 rings (SSSR count). The molecule has 202 valence electrons. The van der Waals surface area contributed by atoms with Gasteiger partial charge in [0.2, 0.25) is 0 Å². The fourth-order valence-corrected chi connectivity index (χ4v) is 16.4. The number of allylic oxidation sites excluding steroid dienone is 4. The summed E-state index contributed by atoms with van der Waals surface area (Å²) in [7, 11) is 0. The van der Waals surface area contributed by atoms with Crippen molar-refractivity contribution in [3.63, 3.8) is 0 Å². The average Bonchev–Trinajstić information content (AvgIpc) is 3.52. The van der Waals surface area contributed by atoms with Crippen LogP contribution in [0.15, 0.2) is 130 Å². The third kappa shape index (κ3) is 5.85. The second-order valence-corrected chi connectivity index (χ2v) is 16.8. The van der Waals surface area contributed by atoms with Crippen LogP contribution in [0.5, 0.6) is 0 Å². The predicted octanol–water partition coefficient (Wildman–Crippen LogP) is 3.84. The molecule has 0 aliphatic heterocycles. The van der Waals surface area contributed by atoms with E-state index in [1.54, 1.807) is 25.5 Å². The van der Waals surface area contributed by atoms with E-state index in [9.17, 15) is 0 Å². The van der Waals surface area contributed by atoms with Gasteiger partial charge < -0.3 is 24.8 Å². The Morgan fingerprint density at radius 1 is 0.625 bits per heavy atom. The van der Waals surface area contributed by atoms with Gasteiger partial charge in [-0.1, -0.05) is 0 Å². The molecule has 0 saturated heterocycles. The summed E-state index contributed by atoms with van der Waals surface area (Å²) in [5.74, 6) is 0. The molecule has 3 heteroatoms. The largest absolute Gasteiger partial charge is 1.00 e. The Balaban J connectivity index is 0.00000185. The summed E-state index contributed by atoms with van der Waals surface area (Å²) >= 11 is -2.64. The first-order chi connectivity index (χ1) is 18.8. The summed E-state index contributed by atoms with van der Waals surface area (Å²) in [6.07, 6.45) is 8.64. The predicted molar refractivity (Wildman–Crippen MR) is 159 cm³/mol. The van der Waals surface area contributed by atoms with Crippen LogP contribution in [0, 0.1) is 0 Å². The van der Waals surface area contributed by atoms with Gasteiger partial charge in [-0.25, -0.2) is 0 Å². The maximum atomic E-state index is 2.61. The molecule has 0 radical (unpaired) electrons. The standard InChI is InChI=1S/C13H9.C13H10.C11H17.2ClH.Zr/c1-3-7-12-10(5-1)9-11-6-2-4-8-13(11)12;1-3-7-12(8-4-1)11-13-9-5-2-6-10-13;1-3-5-10-7-8-11(9-10)6-4-2;;;/h1-9H;1-10H;9H,3-7H2,1-2H3;2*1H;/q;;;;;+2/p-2. The number of hydrogen-bond acceptors (Lipinski definition) is 0. The second-order valence-electron chi connectivity index (χ2n) is 10.6. The number of fused-ring (bicyclic) bond motifs is 3. The first-order valence-electron chi connectivity index (χ1n) is 14.2. The quantitative estimate of drug-likeness (QED) is 0.274. The minimum Gasteiger partial charge on any atom is -1.00 e. The molecule has 2 aliphatic carbocycles. The molecule has 0 aromatic heterocycles. The number of halogens is 2. The van der Waals surface area contributed by atoms with E-state index < -0.39 is 21.3 Å². The van der Waals surface area contributed by atoms with E-state index in [-0.39, 0.29) is 24.8 Å².